The third-order valence-corrected chi connectivity index (χ3v) is 4.34. The van der Waals surface area contributed by atoms with Gasteiger partial charge in [-0.3, -0.25) is 0 Å². The van der Waals surface area contributed by atoms with Crippen molar-refractivity contribution in [2.24, 2.45) is 5.92 Å². The van der Waals surface area contributed by atoms with Crippen molar-refractivity contribution in [2.75, 3.05) is 13.2 Å². The fraction of sp³-hybridized carbons (Fsp3) is 0.556. The first-order valence-corrected chi connectivity index (χ1v) is 8.17. The van der Waals surface area contributed by atoms with Gasteiger partial charge in [0, 0.05) is 42.7 Å². The molecule has 1 aliphatic heterocycles. The molecule has 1 aliphatic carbocycles. The van der Waals surface area contributed by atoms with Gasteiger partial charge in [-0.1, -0.05) is 12.2 Å². The molecule has 1 aromatic carbocycles. The van der Waals surface area contributed by atoms with Crippen molar-refractivity contribution in [3.63, 3.8) is 0 Å². The molecule has 0 amide bonds. The van der Waals surface area contributed by atoms with E-state index >= 15 is 0 Å². The second-order valence-electron chi connectivity index (χ2n) is 6.18. The Labute approximate surface area is 132 Å². The molecule has 0 bridgehead atoms. The number of benzene rings is 1. The molecule has 3 rings (SSSR count). The second-order valence-corrected chi connectivity index (χ2v) is 6.18. The number of rotatable bonds is 6. The first-order chi connectivity index (χ1) is 10.7. The van der Waals surface area contributed by atoms with E-state index in [-0.39, 0.29) is 18.6 Å². The van der Waals surface area contributed by atoms with E-state index in [1.165, 1.54) is 5.56 Å². The Bertz CT molecular complexity index is 556. The lowest BCUT2D eigenvalue weighted by atomic mass is 10.1. The molecule has 2 aliphatic rings. The van der Waals surface area contributed by atoms with Gasteiger partial charge in [-0.15, -0.1) is 0 Å². The van der Waals surface area contributed by atoms with Crippen LogP contribution in [0.4, 0.5) is 0 Å². The molecule has 120 valence electrons. The molecule has 2 N–H and O–H groups in total. The summed E-state index contributed by atoms with van der Waals surface area (Å²) in [5.41, 5.74) is 2.37. The highest BCUT2D eigenvalue weighted by molar-refractivity contribution is 5.48. The molecule has 3 atom stereocenters. The molecule has 0 radical (unpaired) electrons. The Kier molecular flexibility index (Phi) is 4.69. The number of hydrogen-bond donors (Lipinski definition) is 2. The summed E-state index contributed by atoms with van der Waals surface area (Å²) in [7, 11) is 0. The minimum absolute atomic E-state index is 0.226. The average Bonchev–Trinajstić information content (AvgIpc) is 3.10. The molecule has 1 aromatic rings. The second kappa shape index (κ2) is 6.71. The monoisotopic (exact) mass is 303 g/mol. The summed E-state index contributed by atoms with van der Waals surface area (Å²) in [5.74, 6) is 2.23. The van der Waals surface area contributed by atoms with Gasteiger partial charge in [0.15, 0.2) is 0 Å². The fourth-order valence-corrected chi connectivity index (χ4v) is 3.21. The van der Waals surface area contributed by atoms with Gasteiger partial charge in [-0.2, -0.15) is 0 Å². The van der Waals surface area contributed by atoms with E-state index < -0.39 is 0 Å². The third kappa shape index (κ3) is 3.28. The van der Waals surface area contributed by atoms with Crippen LogP contribution < -0.4 is 14.8 Å². The number of ether oxygens (including phenoxy) is 2. The van der Waals surface area contributed by atoms with Crippen LogP contribution in [0.2, 0.25) is 0 Å². The Morgan fingerprint density at radius 1 is 1.36 bits per heavy atom. The molecule has 4 nitrogen and oxygen atoms in total. The van der Waals surface area contributed by atoms with Gasteiger partial charge >= 0.3 is 0 Å². The van der Waals surface area contributed by atoms with E-state index in [4.69, 9.17) is 9.47 Å². The maximum Gasteiger partial charge on any atom is 0.124 e. The first kappa shape index (κ1) is 15.4. The highest BCUT2D eigenvalue weighted by Gasteiger charge is 2.23. The standard InChI is InChI=1S/C18H25NO3/c1-3-21-17-8-14-6-12(2)22-18(14)9-15(17)10-19-16-5-4-13(7-16)11-20/h4-5,8-9,12-13,16,19-20H,3,6-7,10-11H2,1-2H3/t12?,13-,16+/m0/s1. The van der Waals surface area contributed by atoms with Crippen molar-refractivity contribution in [3.8, 4) is 11.5 Å². The topological polar surface area (TPSA) is 50.7 Å². The van der Waals surface area contributed by atoms with Crippen LogP contribution in [0.25, 0.3) is 0 Å². The van der Waals surface area contributed by atoms with Crippen LogP contribution in [-0.2, 0) is 13.0 Å². The number of nitrogens with one attached hydrogen (secondary N) is 1. The molecule has 0 spiro atoms. The summed E-state index contributed by atoms with van der Waals surface area (Å²) in [4.78, 5) is 0. The number of aliphatic hydroxyl groups is 1. The lowest BCUT2D eigenvalue weighted by molar-refractivity contribution is 0.246. The van der Waals surface area contributed by atoms with Crippen molar-refractivity contribution in [1.29, 1.82) is 0 Å². The predicted octanol–water partition coefficient (Wildman–Crippen LogP) is 2.44. The van der Waals surface area contributed by atoms with E-state index in [1.807, 2.05) is 6.92 Å². The van der Waals surface area contributed by atoms with Crippen LogP contribution in [0.15, 0.2) is 24.3 Å². The SMILES string of the molecule is CCOc1cc2c(cc1CN[C@@H]1C=C[C@H](CO)C1)OC(C)C2. The Morgan fingerprint density at radius 2 is 2.23 bits per heavy atom. The zero-order valence-corrected chi connectivity index (χ0v) is 13.3. The summed E-state index contributed by atoms with van der Waals surface area (Å²) in [6.07, 6.45) is 6.39. The highest BCUT2D eigenvalue weighted by Crippen LogP contribution is 2.35. The van der Waals surface area contributed by atoms with E-state index in [0.717, 1.165) is 36.4 Å². The molecule has 0 fully saturated rings. The van der Waals surface area contributed by atoms with Gasteiger partial charge in [0.2, 0.25) is 0 Å². The average molecular weight is 303 g/mol. The number of hydrogen-bond acceptors (Lipinski definition) is 4. The van der Waals surface area contributed by atoms with E-state index in [1.54, 1.807) is 0 Å². The van der Waals surface area contributed by atoms with Crippen molar-refractivity contribution < 1.29 is 14.6 Å². The minimum Gasteiger partial charge on any atom is -0.494 e. The van der Waals surface area contributed by atoms with Gasteiger partial charge in [0.1, 0.15) is 17.6 Å². The van der Waals surface area contributed by atoms with Crippen molar-refractivity contribution >= 4 is 0 Å². The first-order valence-electron chi connectivity index (χ1n) is 8.17. The van der Waals surface area contributed by atoms with Gasteiger partial charge in [0.25, 0.3) is 0 Å². The zero-order valence-electron chi connectivity index (χ0n) is 13.3. The number of fused-ring (bicyclic) bond motifs is 1. The molecule has 1 heterocycles. The predicted molar refractivity (Wildman–Crippen MR) is 86.4 cm³/mol. The van der Waals surface area contributed by atoms with Gasteiger partial charge in [0.05, 0.1) is 6.61 Å². The lowest BCUT2D eigenvalue weighted by Gasteiger charge is -2.16. The van der Waals surface area contributed by atoms with E-state index in [0.29, 0.717) is 12.6 Å². The van der Waals surface area contributed by atoms with Gasteiger partial charge < -0.3 is 19.9 Å². The smallest absolute Gasteiger partial charge is 0.124 e. The molecular weight excluding hydrogens is 278 g/mol. The largest absolute Gasteiger partial charge is 0.494 e. The van der Waals surface area contributed by atoms with E-state index in [9.17, 15) is 5.11 Å². The van der Waals surface area contributed by atoms with Crippen molar-refractivity contribution in [1.82, 2.24) is 5.32 Å². The molecule has 0 saturated carbocycles. The van der Waals surface area contributed by atoms with Crippen molar-refractivity contribution in [2.45, 2.75) is 45.4 Å². The molecule has 1 unspecified atom stereocenters. The van der Waals surface area contributed by atoms with Crippen LogP contribution in [0.1, 0.15) is 31.4 Å². The fourth-order valence-electron chi connectivity index (χ4n) is 3.21. The lowest BCUT2D eigenvalue weighted by Crippen LogP contribution is -2.26. The van der Waals surface area contributed by atoms with E-state index in [2.05, 4.69) is 36.5 Å². The number of aliphatic hydroxyl groups excluding tert-OH is 1. The summed E-state index contributed by atoms with van der Waals surface area (Å²) >= 11 is 0. The van der Waals surface area contributed by atoms with Crippen molar-refractivity contribution in [3.05, 3.63) is 35.4 Å². The Morgan fingerprint density at radius 3 is 2.95 bits per heavy atom. The normalized spacial score (nSPS) is 26.0. The Balaban J connectivity index is 1.70. The zero-order chi connectivity index (χ0) is 15.5. The highest BCUT2D eigenvalue weighted by atomic mass is 16.5. The third-order valence-electron chi connectivity index (χ3n) is 4.34. The maximum absolute atomic E-state index is 9.20. The molecular formula is C18H25NO3. The van der Waals surface area contributed by atoms with Crippen LogP contribution in [0, 0.1) is 5.92 Å². The maximum atomic E-state index is 9.20. The molecule has 0 aromatic heterocycles. The quantitative estimate of drug-likeness (QED) is 0.793. The van der Waals surface area contributed by atoms with Crippen LogP contribution in [-0.4, -0.2) is 30.5 Å². The summed E-state index contributed by atoms with van der Waals surface area (Å²) < 4.78 is 11.7. The summed E-state index contributed by atoms with van der Waals surface area (Å²) in [6, 6.07) is 4.55. The minimum atomic E-state index is 0.226. The summed E-state index contributed by atoms with van der Waals surface area (Å²) in [5, 5.41) is 12.7. The van der Waals surface area contributed by atoms with Crippen LogP contribution in [0.5, 0.6) is 11.5 Å². The van der Waals surface area contributed by atoms with Gasteiger partial charge in [-0.25, -0.2) is 0 Å². The van der Waals surface area contributed by atoms with Crippen LogP contribution >= 0.6 is 0 Å². The molecule has 22 heavy (non-hydrogen) atoms. The van der Waals surface area contributed by atoms with Gasteiger partial charge in [-0.05, 0) is 32.4 Å². The molecule has 0 saturated heterocycles. The summed E-state index contributed by atoms with van der Waals surface area (Å²) in [6.45, 7) is 5.74. The Hall–Kier alpha value is -1.52. The molecule has 4 heteroatoms. The van der Waals surface area contributed by atoms with Crippen LogP contribution in [0.3, 0.4) is 0 Å².